The van der Waals surface area contributed by atoms with Gasteiger partial charge in [-0.05, 0) is 35.7 Å². The Balaban J connectivity index is 1.80. The fourth-order valence-electron chi connectivity index (χ4n) is 2.79. The number of thioether (sulfide) groups is 1. The van der Waals surface area contributed by atoms with Crippen molar-refractivity contribution < 1.29 is 9.00 Å². The minimum atomic E-state index is -0.896. The zero-order valence-electron chi connectivity index (χ0n) is 13.2. The van der Waals surface area contributed by atoms with Crippen LogP contribution in [0.3, 0.4) is 0 Å². The van der Waals surface area contributed by atoms with Crippen LogP contribution in [0.2, 0.25) is 0 Å². The second kappa shape index (κ2) is 6.89. The van der Waals surface area contributed by atoms with Crippen LogP contribution in [-0.4, -0.2) is 22.1 Å². The Kier molecular flexibility index (Phi) is 4.87. The highest BCUT2D eigenvalue weighted by Gasteiger charge is 2.29. The molecule has 0 radical (unpaired) electrons. The minimum absolute atomic E-state index is 0.0281. The van der Waals surface area contributed by atoms with E-state index in [0.717, 1.165) is 28.1 Å². The first-order valence-electron chi connectivity index (χ1n) is 7.47. The molecule has 0 bridgehead atoms. The van der Waals surface area contributed by atoms with Gasteiger partial charge in [-0.3, -0.25) is 9.00 Å². The maximum atomic E-state index is 12.7. The maximum absolute atomic E-state index is 12.7. The number of carbonyl (C=O) groups is 1. The van der Waals surface area contributed by atoms with Crippen LogP contribution in [-0.2, 0) is 21.3 Å². The van der Waals surface area contributed by atoms with E-state index in [1.165, 1.54) is 4.90 Å². The molecule has 2 unspecified atom stereocenters. The third kappa shape index (κ3) is 3.51. The Hall–Kier alpha value is -1.59. The normalized spacial score (nSPS) is 17.6. The SMILES string of the molecule is Cc1c(CS(C)=O)cccc1NC(=O)C1CSc2ccccc21. The van der Waals surface area contributed by atoms with E-state index < -0.39 is 10.8 Å². The van der Waals surface area contributed by atoms with E-state index in [2.05, 4.69) is 11.4 Å². The summed E-state index contributed by atoms with van der Waals surface area (Å²) in [6, 6.07) is 13.9. The number of hydrogen-bond donors (Lipinski definition) is 1. The molecule has 1 aliphatic heterocycles. The molecule has 2 atom stereocenters. The highest BCUT2D eigenvalue weighted by Crippen LogP contribution is 2.39. The van der Waals surface area contributed by atoms with E-state index in [4.69, 9.17) is 0 Å². The Bertz CT molecular complexity index is 773. The van der Waals surface area contributed by atoms with Crippen molar-refractivity contribution in [2.75, 3.05) is 17.3 Å². The molecule has 3 rings (SSSR count). The summed E-state index contributed by atoms with van der Waals surface area (Å²) in [5.41, 5.74) is 3.94. The molecule has 0 saturated carbocycles. The number of fused-ring (bicyclic) bond motifs is 1. The van der Waals surface area contributed by atoms with Crippen LogP contribution in [0.1, 0.15) is 22.6 Å². The van der Waals surface area contributed by atoms with Crippen LogP contribution in [0.15, 0.2) is 47.4 Å². The lowest BCUT2D eigenvalue weighted by Gasteiger charge is -2.15. The molecule has 23 heavy (non-hydrogen) atoms. The van der Waals surface area contributed by atoms with Crippen molar-refractivity contribution in [2.45, 2.75) is 23.5 Å². The van der Waals surface area contributed by atoms with Gasteiger partial charge in [0.2, 0.25) is 5.91 Å². The first-order chi connectivity index (χ1) is 11.1. The molecule has 5 heteroatoms. The van der Waals surface area contributed by atoms with Crippen LogP contribution >= 0.6 is 11.8 Å². The molecule has 120 valence electrons. The van der Waals surface area contributed by atoms with Crippen molar-refractivity contribution in [1.82, 2.24) is 0 Å². The summed E-state index contributed by atoms with van der Waals surface area (Å²) in [5, 5.41) is 3.06. The topological polar surface area (TPSA) is 46.2 Å². The monoisotopic (exact) mass is 345 g/mol. The summed E-state index contributed by atoms with van der Waals surface area (Å²) in [6.45, 7) is 1.97. The molecule has 2 aromatic rings. The molecule has 2 aromatic carbocycles. The number of carbonyl (C=O) groups excluding carboxylic acids is 1. The summed E-state index contributed by atoms with van der Waals surface area (Å²) >= 11 is 1.73. The van der Waals surface area contributed by atoms with Gasteiger partial charge in [-0.2, -0.15) is 0 Å². The van der Waals surface area contributed by atoms with Crippen molar-refractivity contribution in [1.29, 1.82) is 0 Å². The highest BCUT2D eigenvalue weighted by atomic mass is 32.2. The quantitative estimate of drug-likeness (QED) is 0.919. The van der Waals surface area contributed by atoms with Gasteiger partial charge >= 0.3 is 0 Å². The number of amides is 1. The van der Waals surface area contributed by atoms with Crippen molar-refractivity contribution in [3.63, 3.8) is 0 Å². The summed E-state index contributed by atoms with van der Waals surface area (Å²) in [7, 11) is -0.896. The lowest BCUT2D eigenvalue weighted by Crippen LogP contribution is -2.21. The molecule has 3 nitrogen and oxygen atoms in total. The van der Waals surface area contributed by atoms with Gasteiger partial charge < -0.3 is 5.32 Å². The number of hydrogen-bond acceptors (Lipinski definition) is 3. The largest absolute Gasteiger partial charge is 0.325 e. The van der Waals surface area contributed by atoms with Gasteiger partial charge in [0, 0.05) is 39.1 Å². The molecular formula is C18H19NO2S2. The van der Waals surface area contributed by atoms with E-state index in [0.29, 0.717) is 5.75 Å². The average Bonchev–Trinajstić information content (AvgIpc) is 2.95. The van der Waals surface area contributed by atoms with Gasteiger partial charge in [0.1, 0.15) is 0 Å². The summed E-state index contributed by atoms with van der Waals surface area (Å²) < 4.78 is 11.5. The number of nitrogens with one attached hydrogen (secondary N) is 1. The van der Waals surface area contributed by atoms with Gasteiger partial charge in [0.15, 0.2) is 0 Å². The smallest absolute Gasteiger partial charge is 0.232 e. The van der Waals surface area contributed by atoms with Crippen molar-refractivity contribution in [2.24, 2.45) is 0 Å². The molecule has 1 N–H and O–H groups in total. The van der Waals surface area contributed by atoms with Crippen molar-refractivity contribution >= 4 is 34.2 Å². The van der Waals surface area contributed by atoms with Crippen LogP contribution in [0.5, 0.6) is 0 Å². The van der Waals surface area contributed by atoms with Gasteiger partial charge in [-0.25, -0.2) is 0 Å². The zero-order valence-corrected chi connectivity index (χ0v) is 14.8. The van der Waals surface area contributed by atoms with Crippen molar-refractivity contribution in [3.8, 4) is 0 Å². The third-order valence-corrected chi connectivity index (χ3v) is 5.98. The fraction of sp³-hybridized carbons (Fsp3) is 0.278. The Morgan fingerprint density at radius 2 is 2.04 bits per heavy atom. The molecule has 0 fully saturated rings. The van der Waals surface area contributed by atoms with E-state index >= 15 is 0 Å². The second-order valence-corrected chi connectivity index (χ2v) is 8.19. The van der Waals surface area contributed by atoms with E-state index in [9.17, 15) is 9.00 Å². The second-order valence-electron chi connectivity index (χ2n) is 5.70. The van der Waals surface area contributed by atoms with E-state index in [1.54, 1.807) is 18.0 Å². The lowest BCUT2D eigenvalue weighted by molar-refractivity contribution is -0.117. The van der Waals surface area contributed by atoms with Crippen LogP contribution in [0, 0.1) is 6.92 Å². The molecule has 0 saturated heterocycles. The van der Waals surface area contributed by atoms with Crippen LogP contribution in [0.25, 0.3) is 0 Å². The molecule has 0 aliphatic carbocycles. The number of benzene rings is 2. The van der Waals surface area contributed by atoms with Gasteiger partial charge in [0.05, 0.1) is 5.92 Å². The molecule has 1 amide bonds. The van der Waals surface area contributed by atoms with Crippen LogP contribution in [0.4, 0.5) is 5.69 Å². The van der Waals surface area contributed by atoms with E-state index in [-0.39, 0.29) is 11.8 Å². The summed E-state index contributed by atoms with van der Waals surface area (Å²) in [6.07, 6.45) is 1.69. The third-order valence-electron chi connectivity index (χ3n) is 4.08. The summed E-state index contributed by atoms with van der Waals surface area (Å²) in [4.78, 5) is 13.9. The molecule has 0 spiro atoms. The standard InChI is InChI=1S/C18H19NO2S2/c1-12-13(11-23(2)21)6-5-8-16(12)19-18(20)15-10-22-17-9-4-3-7-14(15)17/h3-9,15H,10-11H2,1-2H3,(H,19,20). The first-order valence-corrected chi connectivity index (χ1v) is 10.2. The van der Waals surface area contributed by atoms with Gasteiger partial charge in [0.25, 0.3) is 0 Å². The lowest BCUT2D eigenvalue weighted by atomic mass is 10.00. The van der Waals surface area contributed by atoms with E-state index in [1.807, 2.05) is 43.3 Å². The predicted molar refractivity (Wildman–Crippen MR) is 97.5 cm³/mol. The van der Waals surface area contributed by atoms with Gasteiger partial charge in [-0.15, -0.1) is 11.8 Å². The fourth-order valence-corrected chi connectivity index (χ4v) is 4.77. The zero-order chi connectivity index (χ0) is 16.4. The maximum Gasteiger partial charge on any atom is 0.232 e. The summed E-state index contributed by atoms with van der Waals surface area (Å²) in [5.74, 6) is 1.21. The predicted octanol–water partition coefficient (Wildman–Crippen LogP) is 3.70. The molecular weight excluding hydrogens is 326 g/mol. The molecule has 1 aliphatic rings. The first kappa shape index (κ1) is 16.3. The highest BCUT2D eigenvalue weighted by molar-refractivity contribution is 7.99. The molecule has 1 heterocycles. The minimum Gasteiger partial charge on any atom is -0.325 e. The number of rotatable bonds is 4. The Labute approximate surface area is 143 Å². The van der Waals surface area contributed by atoms with Crippen LogP contribution < -0.4 is 5.32 Å². The van der Waals surface area contributed by atoms with Gasteiger partial charge in [-0.1, -0.05) is 30.3 Å². The number of anilines is 1. The average molecular weight is 345 g/mol. The Morgan fingerprint density at radius 1 is 1.26 bits per heavy atom. The van der Waals surface area contributed by atoms with Crippen molar-refractivity contribution in [3.05, 3.63) is 59.2 Å². The molecule has 0 aromatic heterocycles. The Morgan fingerprint density at radius 3 is 2.83 bits per heavy atom.